The minimum atomic E-state index is -1.25. The summed E-state index contributed by atoms with van der Waals surface area (Å²) in [5, 5.41) is 23.5. The van der Waals surface area contributed by atoms with Gasteiger partial charge >= 0.3 is 5.97 Å². The average Bonchev–Trinajstić information content (AvgIpc) is 2.53. The lowest BCUT2D eigenvalue weighted by Gasteiger charge is -2.05. The van der Waals surface area contributed by atoms with Crippen LogP contribution in [0.2, 0.25) is 0 Å². The molecule has 0 aliphatic heterocycles. The Morgan fingerprint density at radius 2 is 1.68 bits per heavy atom. The van der Waals surface area contributed by atoms with Crippen LogP contribution in [0.5, 0.6) is 0 Å². The van der Waals surface area contributed by atoms with Crippen LogP contribution in [-0.2, 0) is 4.79 Å². The van der Waals surface area contributed by atoms with Gasteiger partial charge in [0.2, 0.25) is 0 Å². The van der Waals surface area contributed by atoms with E-state index in [9.17, 15) is 24.5 Å². The third kappa shape index (κ3) is 5.54. The smallest absolute Gasteiger partial charge is 0.322 e. The fourth-order valence-corrected chi connectivity index (χ4v) is 1.38. The lowest BCUT2D eigenvalue weighted by Crippen LogP contribution is -2.29. The minimum Gasteiger partial charge on any atom is -0.480 e. The number of rotatable bonds is 5. The third-order valence-corrected chi connectivity index (χ3v) is 2.28. The molecule has 10 heteroatoms. The van der Waals surface area contributed by atoms with Gasteiger partial charge < -0.3 is 21.5 Å². The Bertz CT molecular complexity index is 587. The number of carboxylic acid groups (broad SMARTS) is 1. The second-order valence-corrected chi connectivity index (χ2v) is 3.68. The van der Waals surface area contributed by atoms with Crippen molar-refractivity contribution in [1.82, 2.24) is 10.6 Å². The quantitative estimate of drug-likeness (QED) is 0.414. The summed E-state index contributed by atoms with van der Waals surface area (Å²) in [6.07, 6.45) is 0. The Labute approximate surface area is 125 Å². The van der Waals surface area contributed by atoms with Gasteiger partial charge in [0.25, 0.3) is 17.5 Å². The van der Waals surface area contributed by atoms with Crippen LogP contribution < -0.4 is 16.4 Å². The first-order valence-electron chi connectivity index (χ1n) is 5.94. The summed E-state index contributed by atoms with van der Waals surface area (Å²) < 4.78 is 0. The number of nitrogens with one attached hydrogen (secondary N) is 2. The number of amides is 2. The number of non-ortho nitro benzene ring substituents is 1. The normalized spacial score (nSPS) is 9.05. The molecule has 0 saturated heterocycles. The van der Waals surface area contributed by atoms with Crippen molar-refractivity contribution in [3.8, 4) is 0 Å². The maximum absolute atomic E-state index is 11.7. The van der Waals surface area contributed by atoms with Crippen molar-refractivity contribution >= 4 is 23.5 Å². The molecular weight excluding hydrogens is 296 g/mol. The van der Waals surface area contributed by atoms with Crippen LogP contribution in [0.3, 0.4) is 0 Å². The van der Waals surface area contributed by atoms with Gasteiger partial charge in [-0.05, 0) is 13.1 Å². The molecule has 0 aliphatic carbocycles. The molecule has 0 aliphatic rings. The van der Waals surface area contributed by atoms with E-state index in [-0.39, 0.29) is 11.1 Å². The second-order valence-electron chi connectivity index (χ2n) is 3.68. The van der Waals surface area contributed by atoms with E-state index in [1.165, 1.54) is 14.1 Å². The van der Waals surface area contributed by atoms with E-state index in [1.54, 1.807) is 0 Å². The fourth-order valence-electron chi connectivity index (χ4n) is 1.38. The standard InChI is InChI=1S/C11H11N3O6.CH5N/c1-12-10(17)6-2-7(4-8(3-6)14(19)20)11(18)13-5-9(15)16;1-2/h2-4H,5H2,1H3,(H,12,17)(H,13,18)(H,15,16);2H2,1H3. The molecule has 22 heavy (non-hydrogen) atoms. The van der Waals surface area contributed by atoms with Gasteiger partial charge in [0.1, 0.15) is 6.54 Å². The topological polar surface area (TPSA) is 165 Å². The van der Waals surface area contributed by atoms with E-state index in [2.05, 4.69) is 16.4 Å². The van der Waals surface area contributed by atoms with Gasteiger partial charge in [0.05, 0.1) is 4.92 Å². The van der Waals surface area contributed by atoms with Crippen LogP contribution in [0.4, 0.5) is 5.69 Å². The minimum absolute atomic E-state index is 0.0674. The van der Waals surface area contributed by atoms with Gasteiger partial charge in [-0.1, -0.05) is 0 Å². The lowest BCUT2D eigenvalue weighted by molar-refractivity contribution is -0.384. The number of nitro benzene ring substituents is 1. The number of hydrogen-bond donors (Lipinski definition) is 4. The first-order valence-corrected chi connectivity index (χ1v) is 5.94. The van der Waals surface area contributed by atoms with E-state index in [4.69, 9.17) is 5.11 Å². The first kappa shape index (κ1) is 19.0. The Morgan fingerprint density at radius 1 is 1.18 bits per heavy atom. The van der Waals surface area contributed by atoms with Crippen LogP contribution in [0.25, 0.3) is 0 Å². The number of nitrogens with zero attached hydrogens (tertiary/aromatic N) is 1. The Hall–Kier alpha value is -3.01. The molecule has 10 nitrogen and oxygen atoms in total. The van der Waals surface area contributed by atoms with Crippen LogP contribution in [0, 0.1) is 10.1 Å². The second kappa shape index (κ2) is 9.02. The predicted octanol–water partition coefficient (Wildman–Crippen LogP) is -0.656. The molecule has 1 rings (SSSR count). The maximum Gasteiger partial charge on any atom is 0.322 e. The number of benzene rings is 1. The number of carbonyl (C=O) groups excluding carboxylic acids is 2. The monoisotopic (exact) mass is 312 g/mol. The highest BCUT2D eigenvalue weighted by Gasteiger charge is 2.17. The number of carbonyl (C=O) groups is 3. The summed E-state index contributed by atoms with van der Waals surface area (Å²) in [7, 11) is 2.84. The largest absolute Gasteiger partial charge is 0.480 e. The zero-order chi connectivity index (χ0) is 17.3. The van der Waals surface area contributed by atoms with Crippen LogP contribution in [0.1, 0.15) is 20.7 Å². The third-order valence-electron chi connectivity index (χ3n) is 2.28. The summed E-state index contributed by atoms with van der Waals surface area (Å²) in [5.41, 5.74) is 3.83. The van der Waals surface area contributed by atoms with E-state index in [1.807, 2.05) is 0 Å². The van der Waals surface area contributed by atoms with E-state index >= 15 is 0 Å². The van der Waals surface area contributed by atoms with Crippen molar-refractivity contribution in [2.75, 3.05) is 20.6 Å². The van der Waals surface area contributed by atoms with Crippen molar-refractivity contribution in [2.45, 2.75) is 0 Å². The molecule has 0 fully saturated rings. The molecule has 0 heterocycles. The van der Waals surface area contributed by atoms with Gasteiger partial charge in [-0.25, -0.2) is 0 Å². The number of carboxylic acids is 1. The van der Waals surface area contributed by atoms with Gasteiger partial charge in [-0.3, -0.25) is 24.5 Å². The predicted molar refractivity (Wildman–Crippen MR) is 76.6 cm³/mol. The summed E-state index contributed by atoms with van der Waals surface area (Å²) in [4.78, 5) is 43.5. The van der Waals surface area contributed by atoms with Crippen molar-refractivity contribution in [3.63, 3.8) is 0 Å². The molecule has 0 radical (unpaired) electrons. The SMILES string of the molecule is CN.CNC(=O)c1cc(C(=O)NCC(=O)O)cc([N+](=O)[O-])c1. The van der Waals surface area contributed by atoms with E-state index in [0.717, 1.165) is 18.2 Å². The maximum atomic E-state index is 11.7. The van der Waals surface area contributed by atoms with Gasteiger partial charge in [-0.15, -0.1) is 0 Å². The summed E-state index contributed by atoms with van der Waals surface area (Å²) in [6.45, 7) is -0.628. The molecule has 1 aromatic rings. The van der Waals surface area contributed by atoms with Gasteiger partial charge in [0, 0.05) is 30.3 Å². The van der Waals surface area contributed by atoms with E-state index < -0.39 is 34.9 Å². The summed E-state index contributed by atoms with van der Waals surface area (Å²) in [5.74, 6) is -2.67. The molecule has 0 aromatic heterocycles. The van der Waals surface area contributed by atoms with Gasteiger partial charge in [-0.2, -0.15) is 0 Å². The molecule has 5 N–H and O–H groups in total. The Kier molecular flexibility index (Phi) is 7.79. The van der Waals surface area contributed by atoms with Gasteiger partial charge in [0.15, 0.2) is 0 Å². The van der Waals surface area contributed by atoms with Crippen LogP contribution >= 0.6 is 0 Å². The van der Waals surface area contributed by atoms with Crippen molar-refractivity contribution in [2.24, 2.45) is 5.73 Å². The first-order chi connectivity index (χ1) is 10.3. The average molecular weight is 312 g/mol. The zero-order valence-electron chi connectivity index (χ0n) is 12.0. The summed E-state index contributed by atoms with van der Waals surface area (Å²) in [6, 6.07) is 3.12. The fraction of sp³-hybridized carbons (Fsp3) is 0.250. The van der Waals surface area contributed by atoms with E-state index in [0.29, 0.717) is 0 Å². The van der Waals surface area contributed by atoms with Crippen LogP contribution in [-0.4, -0.2) is 48.5 Å². The lowest BCUT2D eigenvalue weighted by atomic mass is 10.1. The van der Waals surface area contributed by atoms with Crippen LogP contribution in [0.15, 0.2) is 18.2 Å². The number of aliphatic carboxylic acids is 1. The highest BCUT2D eigenvalue weighted by Crippen LogP contribution is 2.17. The molecule has 0 saturated carbocycles. The molecular formula is C12H16N4O6. The number of nitro groups is 1. The summed E-state index contributed by atoms with van der Waals surface area (Å²) >= 11 is 0. The molecule has 2 amide bonds. The molecule has 0 spiro atoms. The zero-order valence-corrected chi connectivity index (χ0v) is 12.0. The molecule has 0 unspecified atom stereocenters. The highest BCUT2D eigenvalue weighted by atomic mass is 16.6. The Morgan fingerprint density at radius 3 is 2.09 bits per heavy atom. The molecule has 0 bridgehead atoms. The number of hydrogen-bond acceptors (Lipinski definition) is 6. The van der Waals surface area contributed by atoms with Crippen molar-refractivity contribution < 1.29 is 24.4 Å². The molecule has 0 atom stereocenters. The van der Waals surface area contributed by atoms with Crippen molar-refractivity contribution in [3.05, 3.63) is 39.4 Å². The molecule has 120 valence electrons. The van der Waals surface area contributed by atoms with Crippen molar-refractivity contribution in [1.29, 1.82) is 0 Å². The molecule has 1 aromatic carbocycles. The highest BCUT2D eigenvalue weighted by molar-refractivity contribution is 6.01. The Balaban J connectivity index is 0.00000211. The number of nitrogens with two attached hydrogens (primary N) is 1.